The van der Waals surface area contributed by atoms with Gasteiger partial charge in [0.15, 0.2) is 0 Å². The molecule has 0 fully saturated rings. The Morgan fingerprint density at radius 1 is 0.542 bits per heavy atom. The van der Waals surface area contributed by atoms with Crippen LogP contribution in [0.1, 0.15) is 122 Å². The van der Waals surface area contributed by atoms with Gasteiger partial charge in [-0.25, -0.2) is 0 Å². The van der Waals surface area contributed by atoms with E-state index in [1.165, 1.54) is 116 Å². The zero-order valence-corrected chi connectivity index (χ0v) is 16.6. The van der Waals surface area contributed by atoms with Crippen molar-refractivity contribution >= 4 is 6.29 Å². The van der Waals surface area contributed by atoms with Crippen LogP contribution >= 0.6 is 0 Å². The largest absolute Gasteiger partial charge is 0.317 e. The summed E-state index contributed by atoms with van der Waals surface area (Å²) in [5.74, 6) is 0. The third kappa shape index (κ3) is 21.6. The molecule has 0 radical (unpaired) electrons. The molecule has 0 aromatic heterocycles. The molecule has 1 N–H and O–H groups in total. The highest BCUT2D eigenvalue weighted by molar-refractivity contribution is 5.48. The van der Waals surface area contributed by atoms with Crippen molar-refractivity contribution in [2.45, 2.75) is 122 Å². The highest BCUT2D eigenvalue weighted by Gasteiger charge is 1.94. The Bertz CT molecular complexity index is 230. The minimum absolute atomic E-state index is 0.756. The van der Waals surface area contributed by atoms with Crippen molar-refractivity contribution in [3.8, 4) is 0 Å². The predicted octanol–water partition coefficient (Wildman–Crippen LogP) is 6.82. The maximum absolute atomic E-state index is 10.2. The van der Waals surface area contributed by atoms with Crippen LogP contribution in [0.15, 0.2) is 0 Å². The van der Waals surface area contributed by atoms with E-state index in [1.54, 1.807) is 0 Å². The van der Waals surface area contributed by atoms with Gasteiger partial charge in [0, 0.05) is 6.42 Å². The lowest BCUT2D eigenvalue weighted by Gasteiger charge is -2.05. The molecule has 2 nitrogen and oxygen atoms in total. The van der Waals surface area contributed by atoms with Crippen LogP contribution in [0.2, 0.25) is 0 Å². The van der Waals surface area contributed by atoms with E-state index in [2.05, 4.69) is 12.2 Å². The second-order valence-electron chi connectivity index (χ2n) is 7.36. The number of nitrogens with one attached hydrogen (secondary N) is 1. The maximum Gasteiger partial charge on any atom is 0.119 e. The third-order valence-corrected chi connectivity index (χ3v) is 4.88. The molecule has 2 heteroatoms. The number of unbranched alkanes of at least 4 members (excludes halogenated alkanes) is 16. The molecule has 0 aromatic carbocycles. The van der Waals surface area contributed by atoms with Crippen molar-refractivity contribution in [1.82, 2.24) is 5.32 Å². The fraction of sp³-hybridized carbons (Fsp3) is 0.955. The lowest BCUT2D eigenvalue weighted by molar-refractivity contribution is -0.107. The van der Waals surface area contributed by atoms with Crippen LogP contribution in [-0.4, -0.2) is 19.4 Å². The topological polar surface area (TPSA) is 29.1 Å². The molecule has 0 rings (SSSR count). The molecule has 0 aliphatic rings. The summed E-state index contributed by atoms with van der Waals surface area (Å²) >= 11 is 0. The summed E-state index contributed by atoms with van der Waals surface area (Å²) in [7, 11) is 0. The number of hydrogen-bond acceptors (Lipinski definition) is 2. The van der Waals surface area contributed by atoms with Crippen molar-refractivity contribution in [3.63, 3.8) is 0 Å². The van der Waals surface area contributed by atoms with Crippen molar-refractivity contribution in [2.75, 3.05) is 13.1 Å². The molecule has 0 unspecified atom stereocenters. The van der Waals surface area contributed by atoms with Gasteiger partial charge in [-0.05, 0) is 32.4 Å². The van der Waals surface area contributed by atoms with Gasteiger partial charge in [-0.15, -0.1) is 0 Å². The summed E-state index contributed by atoms with van der Waals surface area (Å²) in [6.07, 6.45) is 25.0. The Balaban J connectivity index is 2.94. The smallest absolute Gasteiger partial charge is 0.119 e. The van der Waals surface area contributed by atoms with E-state index in [1.807, 2.05) is 0 Å². The van der Waals surface area contributed by atoms with Crippen LogP contribution in [-0.2, 0) is 4.79 Å². The molecule has 0 aromatic rings. The Labute approximate surface area is 152 Å². The first-order chi connectivity index (χ1) is 11.9. The number of rotatable bonds is 21. The summed E-state index contributed by atoms with van der Waals surface area (Å²) in [4.78, 5) is 10.2. The standard InChI is InChI=1S/C22H45NO/c1-2-3-4-5-6-11-14-17-20-23-21-18-15-12-9-7-8-10-13-16-19-22-24/h22-23H,2-21H2,1H3. The van der Waals surface area contributed by atoms with Crippen LogP contribution in [0, 0.1) is 0 Å². The van der Waals surface area contributed by atoms with E-state index in [0.29, 0.717) is 0 Å². The lowest BCUT2D eigenvalue weighted by Crippen LogP contribution is -2.16. The second-order valence-corrected chi connectivity index (χ2v) is 7.36. The number of aldehydes is 1. The van der Waals surface area contributed by atoms with Gasteiger partial charge in [0.2, 0.25) is 0 Å². The van der Waals surface area contributed by atoms with E-state index >= 15 is 0 Å². The monoisotopic (exact) mass is 339 g/mol. The Morgan fingerprint density at radius 2 is 0.917 bits per heavy atom. The van der Waals surface area contributed by atoms with Gasteiger partial charge in [-0.2, -0.15) is 0 Å². The van der Waals surface area contributed by atoms with E-state index in [0.717, 1.165) is 19.1 Å². The summed E-state index contributed by atoms with van der Waals surface area (Å²) < 4.78 is 0. The van der Waals surface area contributed by atoms with E-state index in [-0.39, 0.29) is 0 Å². The van der Waals surface area contributed by atoms with Crippen LogP contribution in [0.3, 0.4) is 0 Å². The zero-order valence-electron chi connectivity index (χ0n) is 16.6. The third-order valence-electron chi connectivity index (χ3n) is 4.88. The summed E-state index contributed by atoms with van der Waals surface area (Å²) in [6.45, 7) is 4.71. The molecular formula is C22H45NO. The van der Waals surface area contributed by atoms with Gasteiger partial charge in [-0.3, -0.25) is 0 Å². The molecule has 0 spiro atoms. The molecule has 0 atom stereocenters. The quantitative estimate of drug-likeness (QED) is 0.184. The Hall–Kier alpha value is -0.370. The van der Waals surface area contributed by atoms with Gasteiger partial charge in [0.25, 0.3) is 0 Å². The maximum atomic E-state index is 10.2. The summed E-state index contributed by atoms with van der Waals surface area (Å²) in [6, 6.07) is 0. The predicted molar refractivity (Wildman–Crippen MR) is 108 cm³/mol. The zero-order chi connectivity index (χ0) is 17.6. The fourth-order valence-electron chi connectivity index (χ4n) is 3.22. The first kappa shape index (κ1) is 23.6. The SMILES string of the molecule is CCCCCCCCCCNCCCCCCCCCCCC=O. The minimum atomic E-state index is 0.756. The molecule has 0 saturated carbocycles. The highest BCUT2D eigenvalue weighted by Crippen LogP contribution is 2.10. The van der Waals surface area contributed by atoms with Crippen molar-refractivity contribution < 1.29 is 4.79 Å². The summed E-state index contributed by atoms with van der Waals surface area (Å²) in [5.41, 5.74) is 0. The van der Waals surface area contributed by atoms with E-state index in [9.17, 15) is 4.79 Å². The Morgan fingerprint density at radius 3 is 1.33 bits per heavy atom. The second kappa shape index (κ2) is 22.6. The molecule has 24 heavy (non-hydrogen) atoms. The lowest BCUT2D eigenvalue weighted by atomic mass is 10.1. The van der Waals surface area contributed by atoms with Crippen molar-refractivity contribution in [3.05, 3.63) is 0 Å². The highest BCUT2D eigenvalue weighted by atomic mass is 16.1. The van der Waals surface area contributed by atoms with E-state index in [4.69, 9.17) is 0 Å². The molecule has 0 saturated heterocycles. The van der Waals surface area contributed by atoms with Crippen LogP contribution in [0.4, 0.5) is 0 Å². The molecule has 0 aliphatic carbocycles. The minimum Gasteiger partial charge on any atom is -0.317 e. The van der Waals surface area contributed by atoms with Gasteiger partial charge in [0.05, 0.1) is 0 Å². The first-order valence-electron chi connectivity index (χ1n) is 11.1. The van der Waals surface area contributed by atoms with Gasteiger partial charge < -0.3 is 10.1 Å². The van der Waals surface area contributed by atoms with E-state index < -0.39 is 0 Å². The molecule has 0 bridgehead atoms. The first-order valence-corrected chi connectivity index (χ1v) is 11.1. The summed E-state index contributed by atoms with van der Waals surface area (Å²) in [5, 5.41) is 3.60. The number of carbonyl (C=O) groups is 1. The van der Waals surface area contributed by atoms with Gasteiger partial charge in [-0.1, -0.05) is 96.8 Å². The van der Waals surface area contributed by atoms with Gasteiger partial charge >= 0.3 is 0 Å². The van der Waals surface area contributed by atoms with Crippen LogP contribution in [0.25, 0.3) is 0 Å². The average Bonchev–Trinajstić information content (AvgIpc) is 2.60. The van der Waals surface area contributed by atoms with Crippen LogP contribution in [0.5, 0.6) is 0 Å². The van der Waals surface area contributed by atoms with Gasteiger partial charge in [0.1, 0.15) is 6.29 Å². The molecule has 0 amide bonds. The van der Waals surface area contributed by atoms with Crippen LogP contribution < -0.4 is 5.32 Å². The molecule has 0 aliphatic heterocycles. The number of carbonyl (C=O) groups excluding carboxylic acids is 1. The molecular weight excluding hydrogens is 294 g/mol. The average molecular weight is 340 g/mol. The fourth-order valence-corrected chi connectivity index (χ4v) is 3.22. The normalized spacial score (nSPS) is 11.0. The Kier molecular flexibility index (Phi) is 22.3. The van der Waals surface area contributed by atoms with Crippen molar-refractivity contribution in [2.24, 2.45) is 0 Å². The molecule has 144 valence electrons. The molecule has 0 heterocycles. The number of hydrogen-bond donors (Lipinski definition) is 1. The van der Waals surface area contributed by atoms with Crippen molar-refractivity contribution in [1.29, 1.82) is 0 Å².